The number of hydrazone groups is 1. The van der Waals surface area contributed by atoms with E-state index in [1.807, 2.05) is 0 Å². The molecule has 2 rings (SSSR count). The number of nitrogens with zero attached hydrogens (tertiary/aromatic N) is 2. The van der Waals surface area contributed by atoms with Gasteiger partial charge in [-0.3, -0.25) is 4.79 Å². The molecule has 7 nitrogen and oxygen atoms in total. The summed E-state index contributed by atoms with van der Waals surface area (Å²) < 4.78 is 0. The van der Waals surface area contributed by atoms with E-state index in [0.29, 0.717) is 21.3 Å². The van der Waals surface area contributed by atoms with Crippen LogP contribution >= 0.6 is 11.3 Å². The fourth-order valence-electron chi connectivity index (χ4n) is 1.48. The number of phenolic OH excluding ortho intramolecular Hbond substituents is 2. The lowest BCUT2D eigenvalue weighted by Gasteiger charge is -2.00. The Morgan fingerprint density at radius 2 is 2.25 bits per heavy atom. The van der Waals surface area contributed by atoms with Crippen LogP contribution in [0.1, 0.15) is 20.9 Å². The van der Waals surface area contributed by atoms with Crippen LogP contribution < -0.4 is 11.2 Å². The van der Waals surface area contributed by atoms with E-state index in [2.05, 4.69) is 15.5 Å². The van der Waals surface area contributed by atoms with Crippen molar-refractivity contribution >= 4 is 28.6 Å². The molecular formula is C12H12N4O3S. The highest BCUT2D eigenvalue weighted by molar-refractivity contribution is 7.17. The predicted molar refractivity (Wildman–Crippen MR) is 76.1 cm³/mol. The predicted octanol–water partition coefficient (Wildman–Crippen LogP) is 1.21. The Morgan fingerprint density at radius 1 is 1.50 bits per heavy atom. The van der Waals surface area contributed by atoms with E-state index < -0.39 is 5.91 Å². The first-order valence-electron chi connectivity index (χ1n) is 5.55. The lowest BCUT2D eigenvalue weighted by Crippen LogP contribution is -2.17. The highest BCUT2D eigenvalue weighted by Crippen LogP contribution is 2.21. The minimum absolute atomic E-state index is 0.0561. The number of thiazole rings is 1. The van der Waals surface area contributed by atoms with Crippen molar-refractivity contribution in [3.63, 3.8) is 0 Å². The Balaban J connectivity index is 2.06. The fourth-order valence-corrected chi connectivity index (χ4v) is 2.20. The van der Waals surface area contributed by atoms with Gasteiger partial charge in [-0.1, -0.05) is 11.3 Å². The molecule has 0 radical (unpaired) electrons. The summed E-state index contributed by atoms with van der Waals surface area (Å²) >= 11 is 1.07. The number of hydrogen-bond donors (Lipinski definition) is 4. The van der Waals surface area contributed by atoms with Crippen LogP contribution in [-0.2, 0) is 0 Å². The summed E-state index contributed by atoms with van der Waals surface area (Å²) in [4.78, 5) is 16.1. The molecule has 0 unspecified atom stereocenters. The van der Waals surface area contributed by atoms with Crippen LogP contribution in [0.25, 0.3) is 0 Å². The van der Waals surface area contributed by atoms with Crippen molar-refractivity contribution in [2.75, 3.05) is 5.73 Å². The highest BCUT2D eigenvalue weighted by Gasteiger charge is 2.13. The summed E-state index contributed by atoms with van der Waals surface area (Å²) in [5.74, 6) is -0.619. The smallest absolute Gasteiger partial charge is 0.283 e. The third-order valence-electron chi connectivity index (χ3n) is 2.40. The number of aromatic nitrogens is 1. The zero-order chi connectivity index (χ0) is 14.7. The minimum Gasteiger partial charge on any atom is -0.508 e. The molecule has 0 aliphatic carbocycles. The van der Waals surface area contributed by atoms with Crippen LogP contribution in [0.5, 0.6) is 11.5 Å². The van der Waals surface area contributed by atoms with Gasteiger partial charge in [-0.05, 0) is 19.1 Å². The molecule has 1 heterocycles. The molecule has 0 saturated heterocycles. The molecule has 0 aliphatic rings. The van der Waals surface area contributed by atoms with Crippen molar-refractivity contribution in [3.8, 4) is 11.5 Å². The van der Waals surface area contributed by atoms with Crippen molar-refractivity contribution in [1.29, 1.82) is 0 Å². The number of aromatic hydroxyl groups is 2. The van der Waals surface area contributed by atoms with Gasteiger partial charge in [0.1, 0.15) is 16.4 Å². The van der Waals surface area contributed by atoms with Crippen LogP contribution in [0.3, 0.4) is 0 Å². The van der Waals surface area contributed by atoms with Gasteiger partial charge in [-0.2, -0.15) is 5.10 Å². The summed E-state index contributed by atoms with van der Waals surface area (Å²) in [6.07, 6.45) is 1.27. The topological polar surface area (TPSA) is 121 Å². The van der Waals surface area contributed by atoms with Crippen molar-refractivity contribution in [2.45, 2.75) is 6.92 Å². The Bertz CT molecular complexity index is 681. The monoisotopic (exact) mass is 292 g/mol. The summed E-state index contributed by atoms with van der Waals surface area (Å²) in [5.41, 5.74) is 8.72. The number of nitrogens with two attached hydrogens (primary N) is 1. The van der Waals surface area contributed by atoms with E-state index in [1.165, 1.54) is 24.4 Å². The normalized spacial score (nSPS) is 10.8. The first-order valence-corrected chi connectivity index (χ1v) is 6.37. The van der Waals surface area contributed by atoms with Gasteiger partial charge in [0.2, 0.25) is 0 Å². The number of benzene rings is 1. The van der Waals surface area contributed by atoms with E-state index >= 15 is 0 Å². The van der Waals surface area contributed by atoms with Crippen LogP contribution in [0.4, 0.5) is 5.13 Å². The Labute approximate surface area is 118 Å². The van der Waals surface area contributed by atoms with Crippen molar-refractivity contribution in [2.24, 2.45) is 5.10 Å². The molecule has 5 N–H and O–H groups in total. The van der Waals surface area contributed by atoms with Crippen LogP contribution in [0, 0.1) is 6.92 Å². The number of hydrogen-bond acceptors (Lipinski definition) is 7. The number of rotatable bonds is 3. The molecule has 0 spiro atoms. The highest BCUT2D eigenvalue weighted by atomic mass is 32.1. The second-order valence-corrected chi connectivity index (χ2v) is 4.94. The van der Waals surface area contributed by atoms with Gasteiger partial charge in [0.15, 0.2) is 5.13 Å². The van der Waals surface area contributed by atoms with Gasteiger partial charge >= 0.3 is 0 Å². The number of carbonyl (C=O) groups is 1. The van der Waals surface area contributed by atoms with Gasteiger partial charge in [-0.15, -0.1) is 0 Å². The lowest BCUT2D eigenvalue weighted by atomic mass is 10.2. The fraction of sp³-hybridized carbons (Fsp3) is 0.0833. The number of nitrogen functional groups attached to an aromatic ring is 1. The van der Waals surface area contributed by atoms with Gasteiger partial charge in [0.05, 0.1) is 11.9 Å². The third kappa shape index (κ3) is 3.04. The quantitative estimate of drug-likeness (QED) is 0.500. The largest absolute Gasteiger partial charge is 0.508 e. The molecule has 0 fully saturated rings. The molecule has 0 aliphatic heterocycles. The molecule has 0 bridgehead atoms. The van der Waals surface area contributed by atoms with Gasteiger partial charge < -0.3 is 15.9 Å². The molecule has 20 heavy (non-hydrogen) atoms. The van der Waals surface area contributed by atoms with E-state index in [1.54, 1.807) is 6.92 Å². The van der Waals surface area contributed by atoms with Gasteiger partial charge in [0, 0.05) is 11.6 Å². The molecule has 1 aromatic heterocycles. The molecule has 104 valence electrons. The van der Waals surface area contributed by atoms with Crippen molar-refractivity contribution < 1.29 is 15.0 Å². The first kappa shape index (κ1) is 13.8. The maximum absolute atomic E-state index is 11.8. The lowest BCUT2D eigenvalue weighted by molar-refractivity contribution is 0.0958. The Morgan fingerprint density at radius 3 is 2.85 bits per heavy atom. The summed E-state index contributed by atoms with van der Waals surface area (Å²) in [6.45, 7) is 1.68. The summed E-state index contributed by atoms with van der Waals surface area (Å²) in [5, 5.41) is 22.7. The maximum atomic E-state index is 11.8. The average Bonchev–Trinajstić information content (AvgIpc) is 2.71. The SMILES string of the molecule is Cc1nc(N)sc1C(=O)N/N=C\c1ccc(O)cc1O. The summed E-state index contributed by atoms with van der Waals surface area (Å²) in [6, 6.07) is 4.05. The number of phenols is 2. The number of aryl methyl sites for hydroxylation is 1. The molecule has 8 heteroatoms. The molecule has 2 aromatic rings. The number of amides is 1. The minimum atomic E-state index is -0.425. The second kappa shape index (κ2) is 5.57. The molecular weight excluding hydrogens is 280 g/mol. The Hall–Kier alpha value is -2.61. The zero-order valence-corrected chi connectivity index (χ0v) is 11.3. The van der Waals surface area contributed by atoms with Gasteiger partial charge in [0.25, 0.3) is 5.91 Å². The van der Waals surface area contributed by atoms with E-state index in [-0.39, 0.29) is 11.5 Å². The Kier molecular flexibility index (Phi) is 3.85. The van der Waals surface area contributed by atoms with E-state index in [9.17, 15) is 9.90 Å². The molecule has 0 atom stereocenters. The third-order valence-corrected chi connectivity index (χ3v) is 3.39. The second-order valence-electron chi connectivity index (χ2n) is 3.91. The number of anilines is 1. The van der Waals surface area contributed by atoms with Crippen molar-refractivity contribution in [1.82, 2.24) is 10.4 Å². The van der Waals surface area contributed by atoms with Crippen LogP contribution in [0.15, 0.2) is 23.3 Å². The van der Waals surface area contributed by atoms with E-state index in [4.69, 9.17) is 10.8 Å². The molecule has 1 amide bonds. The summed E-state index contributed by atoms with van der Waals surface area (Å²) in [7, 11) is 0. The first-order chi connectivity index (χ1) is 9.47. The van der Waals surface area contributed by atoms with Gasteiger partial charge in [-0.25, -0.2) is 10.4 Å². The van der Waals surface area contributed by atoms with Crippen LogP contribution in [-0.4, -0.2) is 27.3 Å². The standard InChI is InChI=1S/C12H12N4O3S/c1-6-10(20-12(13)15-6)11(19)16-14-5-7-2-3-8(17)4-9(7)18/h2-5,17-18H,1H3,(H2,13,15)(H,16,19)/b14-5-. The maximum Gasteiger partial charge on any atom is 0.283 e. The number of carbonyl (C=O) groups excluding carboxylic acids is 1. The number of nitrogens with one attached hydrogen (secondary N) is 1. The zero-order valence-electron chi connectivity index (χ0n) is 10.5. The van der Waals surface area contributed by atoms with E-state index in [0.717, 1.165) is 11.3 Å². The average molecular weight is 292 g/mol. The molecule has 1 aromatic carbocycles. The van der Waals surface area contributed by atoms with Crippen molar-refractivity contribution in [3.05, 3.63) is 34.3 Å². The molecule has 0 saturated carbocycles. The van der Waals surface area contributed by atoms with Crippen LogP contribution in [0.2, 0.25) is 0 Å².